The molecule has 0 radical (unpaired) electrons. The molecule has 0 spiro atoms. The van der Waals surface area contributed by atoms with Crippen molar-refractivity contribution in [2.24, 2.45) is 0 Å². The Labute approximate surface area is 247 Å². The zero-order chi connectivity index (χ0) is 24.8. The molecular weight excluding hydrogens is 583 g/mol. The van der Waals surface area contributed by atoms with Crippen LogP contribution >= 0.6 is 0 Å². The first-order valence-electron chi connectivity index (χ1n) is 13.0. The molecule has 0 amide bonds. The molecule has 0 unspecified atom stereocenters. The fourth-order valence-electron chi connectivity index (χ4n) is 6.28. The Hall–Kier alpha value is -2.31. The van der Waals surface area contributed by atoms with Gasteiger partial charge in [-0.2, -0.15) is 0 Å². The summed E-state index contributed by atoms with van der Waals surface area (Å²) < 4.78 is 3.97. The monoisotopic (exact) mass is 612 g/mol. The zero-order valence-corrected chi connectivity index (χ0v) is 26.3. The summed E-state index contributed by atoms with van der Waals surface area (Å²) in [5, 5.41) is 0. The van der Waals surface area contributed by atoms with E-state index >= 15 is 0 Å². The molecule has 0 aliphatic heterocycles. The van der Waals surface area contributed by atoms with E-state index < -0.39 is 21.3 Å². The number of hydrogen-bond acceptors (Lipinski definition) is 0. The second-order valence-corrected chi connectivity index (χ2v) is 17.9. The van der Waals surface area contributed by atoms with Gasteiger partial charge in [0.05, 0.1) is 0 Å². The first kappa shape index (κ1) is 28.7. The maximum absolute atomic E-state index is 2.48. The summed E-state index contributed by atoms with van der Waals surface area (Å²) in [6.45, 7) is 9.52. The Kier molecular flexibility index (Phi) is 8.94. The van der Waals surface area contributed by atoms with Gasteiger partial charge < -0.3 is 24.8 Å². The molecule has 0 N–H and O–H groups in total. The van der Waals surface area contributed by atoms with Gasteiger partial charge in [-0.15, -0.1) is 0 Å². The molecule has 4 aromatic rings. The summed E-state index contributed by atoms with van der Waals surface area (Å²) in [7, 11) is 0. The van der Waals surface area contributed by atoms with Crippen molar-refractivity contribution in [2.75, 3.05) is 0 Å². The Morgan fingerprint density at radius 3 is 1.53 bits per heavy atom. The molecule has 3 heteroatoms. The molecule has 0 heterocycles. The molecule has 2 aliphatic carbocycles. The van der Waals surface area contributed by atoms with Gasteiger partial charge in [0.1, 0.15) is 0 Å². The van der Waals surface area contributed by atoms with Crippen LogP contribution in [0.25, 0.3) is 33.4 Å². The number of hydrogen-bond donors (Lipinski definition) is 0. The minimum Gasteiger partial charge on any atom is -1.00 e. The summed E-state index contributed by atoms with van der Waals surface area (Å²) >= 11 is -2.16. The SMILES string of the molecule is C[C](C)=[Zr+2]([C]1=CC=CC1)[CH]1c2c(C)cc(-c3ccccc3)cc2-c2cc(-c3ccccc3)cc(C)c21.[Cl-].[Cl-]. The van der Waals surface area contributed by atoms with Crippen molar-refractivity contribution in [1.82, 2.24) is 0 Å². The number of halogens is 2. The quantitative estimate of drug-likeness (QED) is 0.331. The van der Waals surface area contributed by atoms with Crippen LogP contribution in [0.1, 0.15) is 46.1 Å². The predicted molar refractivity (Wildman–Crippen MR) is 152 cm³/mol. The number of rotatable bonds is 4. The average molecular weight is 615 g/mol. The Morgan fingerprint density at radius 2 is 1.13 bits per heavy atom. The zero-order valence-electron chi connectivity index (χ0n) is 22.4. The van der Waals surface area contributed by atoms with E-state index in [4.69, 9.17) is 0 Å². The van der Waals surface area contributed by atoms with Crippen LogP contribution in [0, 0.1) is 13.8 Å². The normalized spacial score (nSPS) is 13.0. The largest absolute Gasteiger partial charge is 1.00 e. The van der Waals surface area contributed by atoms with Gasteiger partial charge in [-0.1, -0.05) is 0 Å². The molecule has 6 rings (SSSR count). The van der Waals surface area contributed by atoms with E-state index in [9.17, 15) is 0 Å². The third kappa shape index (κ3) is 5.02. The summed E-state index contributed by atoms with van der Waals surface area (Å²) in [5.41, 5.74) is 14.2. The second-order valence-electron chi connectivity index (χ2n) is 10.4. The molecule has 0 nitrogen and oxygen atoms in total. The number of fused-ring (bicyclic) bond motifs is 3. The molecule has 2 aliphatic rings. The minimum atomic E-state index is -2.16. The topological polar surface area (TPSA) is 0 Å². The van der Waals surface area contributed by atoms with Crippen molar-refractivity contribution in [3.8, 4) is 33.4 Å². The molecule has 38 heavy (non-hydrogen) atoms. The molecule has 0 bridgehead atoms. The van der Waals surface area contributed by atoms with E-state index in [0.29, 0.717) is 3.63 Å². The fraction of sp³-hybridized carbons (Fsp3) is 0.171. The molecule has 0 saturated carbocycles. The summed E-state index contributed by atoms with van der Waals surface area (Å²) in [6.07, 6.45) is 8.23. The van der Waals surface area contributed by atoms with E-state index in [0.717, 1.165) is 6.42 Å². The molecule has 0 saturated heterocycles. The van der Waals surface area contributed by atoms with Crippen molar-refractivity contribution in [3.63, 3.8) is 0 Å². The van der Waals surface area contributed by atoms with Crippen molar-refractivity contribution >= 4 is 3.21 Å². The Morgan fingerprint density at radius 1 is 0.658 bits per heavy atom. The Bertz CT molecular complexity index is 1480. The molecule has 190 valence electrons. The fourth-order valence-corrected chi connectivity index (χ4v) is 15.0. The van der Waals surface area contributed by atoms with Crippen molar-refractivity contribution in [2.45, 2.75) is 37.7 Å². The maximum atomic E-state index is 2.48. The van der Waals surface area contributed by atoms with Crippen LogP contribution in [0.3, 0.4) is 0 Å². The molecule has 4 aromatic carbocycles. The van der Waals surface area contributed by atoms with Crippen molar-refractivity contribution in [3.05, 3.63) is 129 Å². The van der Waals surface area contributed by atoms with Crippen LogP contribution in [-0.2, 0) is 21.3 Å². The van der Waals surface area contributed by atoms with Crippen LogP contribution in [0.15, 0.2) is 106 Å². The van der Waals surface area contributed by atoms with Gasteiger partial charge in [0.15, 0.2) is 0 Å². The third-order valence-corrected chi connectivity index (χ3v) is 15.9. The number of allylic oxidation sites excluding steroid dienone is 4. The first-order chi connectivity index (χ1) is 17.5. The van der Waals surface area contributed by atoms with Gasteiger partial charge in [0, 0.05) is 0 Å². The van der Waals surface area contributed by atoms with E-state index in [1.807, 2.05) is 0 Å². The second kappa shape index (κ2) is 11.8. The van der Waals surface area contributed by atoms with E-state index in [1.165, 1.54) is 44.5 Å². The predicted octanol–water partition coefficient (Wildman–Crippen LogP) is 3.39. The van der Waals surface area contributed by atoms with Gasteiger partial charge in [0.2, 0.25) is 0 Å². The number of aryl methyl sites for hydroxylation is 2. The van der Waals surface area contributed by atoms with Crippen LogP contribution in [0.5, 0.6) is 0 Å². The smallest absolute Gasteiger partial charge is 1.00 e. The third-order valence-electron chi connectivity index (χ3n) is 7.80. The van der Waals surface area contributed by atoms with E-state index in [-0.39, 0.29) is 24.8 Å². The van der Waals surface area contributed by atoms with Gasteiger partial charge in [-0.05, 0) is 0 Å². The number of benzene rings is 4. The van der Waals surface area contributed by atoms with Crippen molar-refractivity contribution in [1.29, 1.82) is 0 Å². The molecule has 0 atom stereocenters. The first-order valence-corrected chi connectivity index (χ1v) is 16.8. The summed E-state index contributed by atoms with van der Waals surface area (Å²) in [5.74, 6) is 0. The van der Waals surface area contributed by atoms with Crippen molar-refractivity contribution < 1.29 is 46.1 Å². The average Bonchev–Trinajstić information content (AvgIpc) is 3.53. The van der Waals surface area contributed by atoms with Crippen LogP contribution in [-0.4, -0.2) is 3.21 Å². The van der Waals surface area contributed by atoms with Crippen LogP contribution in [0.2, 0.25) is 0 Å². The van der Waals surface area contributed by atoms with Crippen LogP contribution < -0.4 is 24.8 Å². The standard InChI is InChI=1S/C27H21.C5H5.C3H6.2ClH.Zr/c1-18-13-22(20-9-5-3-6-10-20)15-26-24(18)17-25-19(2)14-23(16-27(25)26)21-11-7-4-8-12-21;1-2-4-5-3-1;1-3-2;;;/h3-17H,1-2H3;1-3H,4H2;1-2H3;2*1H;/q;;;;;+2/p-2. The summed E-state index contributed by atoms with van der Waals surface area (Å²) in [4.78, 5) is 0. The minimum absolute atomic E-state index is 0. The van der Waals surface area contributed by atoms with E-state index in [2.05, 4.69) is 131 Å². The van der Waals surface area contributed by atoms with Gasteiger partial charge in [-0.25, -0.2) is 0 Å². The molecule has 0 aromatic heterocycles. The Balaban J connectivity index is 0.00000168. The molecule has 0 fully saturated rings. The molecular formula is C35H32Cl2Zr. The van der Waals surface area contributed by atoms with Gasteiger partial charge >= 0.3 is 224 Å². The maximum Gasteiger partial charge on any atom is -1.00 e. The summed E-state index contributed by atoms with van der Waals surface area (Å²) in [6, 6.07) is 31.6. The van der Waals surface area contributed by atoms with E-state index in [1.54, 1.807) is 17.6 Å². The van der Waals surface area contributed by atoms with Gasteiger partial charge in [0.25, 0.3) is 0 Å². The van der Waals surface area contributed by atoms with Crippen LogP contribution in [0.4, 0.5) is 0 Å². The van der Waals surface area contributed by atoms with Gasteiger partial charge in [-0.3, -0.25) is 0 Å².